The van der Waals surface area contributed by atoms with Crippen molar-refractivity contribution >= 4 is 33.3 Å². The number of urea groups is 1. The van der Waals surface area contributed by atoms with E-state index in [1.54, 1.807) is 49.2 Å². The molecule has 1 heterocycles. The highest BCUT2D eigenvalue weighted by Crippen LogP contribution is 2.30. The maximum Gasteiger partial charge on any atom is 0.321 e. The molecule has 3 amide bonds. The van der Waals surface area contributed by atoms with E-state index in [0.717, 1.165) is 5.56 Å². The molecule has 4 rings (SSSR count). The van der Waals surface area contributed by atoms with Gasteiger partial charge in [0.05, 0.1) is 30.5 Å². The van der Waals surface area contributed by atoms with Gasteiger partial charge in [-0.3, -0.25) is 9.52 Å². The van der Waals surface area contributed by atoms with Crippen LogP contribution in [-0.2, 0) is 21.2 Å². The van der Waals surface area contributed by atoms with E-state index >= 15 is 0 Å². The van der Waals surface area contributed by atoms with Crippen molar-refractivity contribution < 1.29 is 32.2 Å². The predicted octanol–water partition coefficient (Wildman–Crippen LogP) is 4.25. The van der Waals surface area contributed by atoms with Crippen molar-refractivity contribution in [1.29, 1.82) is 0 Å². The number of carbonyl (C=O) groups excluding carboxylic acids is 2. The number of hydrogen-bond donors (Lipinski definition) is 3. The first-order chi connectivity index (χ1) is 20.4. The van der Waals surface area contributed by atoms with E-state index in [0.29, 0.717) is 17.0 Å². The summed E-state index contributed by atoms with van der Waals surface area (Å²) in [6, 6.07) is 15.7. The Morgan fingerprint density at radius 2 is 1.77 bits per heavy atom. The van der Waals surface area contributed by atoms with Crippen molar-refractivity contribution in [3.05, 3.63) is 83.7 Å². The minimum Gasteiger partial charge on any atom is -0.488 e. The van der Waals surface area contributed by atoms with Crippen LogP contribution in [0.5, 0.6) is 5.75 Å². The maximum atomic E-state index is 13.5. The van der Waals surface area contributed by atoms with E-state index in [1.807, 2.05) is 13.8 Å². The van der Waals surface area contributed by atoms with Gasteiger partial charge in [-0.1, -0.05) is 24.6 Å². The maximum absolute atomic E-state index is 13.5. The molecule has 43 heavy (non-hydrogen) atoms. The van der Waals surface area contributed by atoms with Crippen molar-refractivity contribution in [2.24, 2.45) is 5.92 Å². The zero-order chi connectivity index (χ0) is 31.3. The lowest BCUT2D eigenvalue weighted by Gasteiger charge is -2.34. The molecule has 3 atom stereocenters. The van der Waals surface area contributed by atoms with E-state index in [2.05, 4.69) is 10.0 Å². The third kappa shape index (κ3) is 8.02. The second-order valence-corrected chi connectivity index (χ2v) is 12.6. The smallest absolute Gasteiger partial charge is 0.321 e. The van der Waals surface area contributed by atoms with E-state index in [-0.39, 0.29) is 48.5 Å². The molecular weight excluding hydrogens is 575 g/mol. The molecule has 0 aromatic heterocycles. The molecular formula is C31H37FN4O6S. The van der Waals surface area contributed by atoms with Crippen molar-refractivity contribution in [3.8, 4) is 5.75 Å². The fraction of sp³-hybridized carbons (Fsp3) is 0.355. The number of anilines is 2. The van der Waals surface area contributed by atoms with E-state index in [1.165, 1.54) is 41.3 Å². The molecule has 0 saturated heterocycles. The molecule has 3 aromatic rings. The van der Waals surface area contributed by atoms with Gasteiger partial charge in [0, 0.05) is 36.4 Å². The standard InChI is InChI=1S/C31H37FN4O6S/c1-20-5-12-27(13-6-20)43(40,41)34-26-11-14-28-23(15-26)16-30(38)36(22(3)19-37)17-21(2)29(42-28)18-35(4)31(39)33-25-9-7-24(32)8-10-25/h5-15,21-22,29,34,37H,16-19H2,1-4H3,(H,33,39)/t21-,22+,29-/m1/s1. The third-order valence-corrected chi connectivity index (χ3v) is 8.79. The number of nitrogens with one attached hydrogen (secondary N) is 2. The summed E-state index contributed by atoms with van der Waals surface area (Å²) in [5.41, 5.74) is 2.08. The second-order valence-electron chi connectivity index (χ2n) is 10.9. The first-order valence-electron chi connectivity index (χ1n) is 13.9. The number of benzene rings is 3. The molecule has 0 bridgehead atoms. The average molecular weight is 613 g/mol. The molecule has 10 nitrogen and oxygen atoms in total. The van der Waals surface area contributed by atoms with Gasteiger partial charge in [0.15, 0.2) is 0 Å². The number of fused-ring (bicyclic) bond motifs is 1. The molecule has 0 fully saturated rings. The highest BCUT2D eigenvalue weighted by atomic mass is 32.2. The molecule has 12 heteroatoms. The Balaban J connectivity index is 1.61. The van der Waals surface area contributed by atoms with Crippen LogP contribution in [0.15, 0.2) is 71.6 Å². The average Bonchev–Trinajstić information content (AvgIpc) is 3.01. The van der Waals surface area contributed by atoms with Gasteiger partial charge in [-0.05, 0) is 68.4 Å². The van der Waals surface area contributed by atoms with E-state index in [4.69, 9.17) is 4.74 Å². The number of sulfonamides is 1. The second kappa shape index (κ2) is 13.4. The summed E-state index contributed by atoms with van der Waals surface area (Å²) < 4.78 is 48.3. The highest BCUT2D eigenvalue weighted by molar-refractivity contribution is 7.92. The van der Waals surface area contributed by atoms with Crippen molar-refractivity contribution in [2.75, 3.05) is 36.8 Å². The number of likely N-dealkylation sites (N-methyl/N-ethyl adjacent to an activating group) is 1. The predicted molar refractivity (Wildman–Crippen MR) is 162 cm³/mol. The summed E-state index contributed by atoms with van der Waals surface area (Å²) in [4.78, 5) is 29.5. The van der Waals surface area contributed by atoms with Crippen LogP contribution in [0, 0.1) is 18.7 Å². The molecule has 0 aliphatic carbocycles. The zero-order valence-electron chi connectivity index (χ0n) is 24.6. The van der Waals surface area contributed by atoms with Gasteiger partial charge in [0.2, 0.25) is 5.91 Å². The molecule has 0 radical (unpaired) electrons. The van der Waals surface area contributed by atoms with Crippen LogP contribution in [0.1, 0.15) is 25.0 Å². The molecule has 0 spiro atoms. The number of aliphatic hydroxyl groups is 1. The summed E-state index contributed by atoms with van der Waals surface area (Å²) in [6.07, 6.45) is -0.655. The molecule has 3 N–H and O–H groups in total. The normalized spacial score (nSPS) is 17.9. The fourth-order valence-corrected chi connectivity index (χ4v) is 5.80. The number of hydrogen-bond acceptors (Lipinski definition) is 6. The molecule has 0 unspecified atom stereocenters. The number of amides is 3. The lowest BCUT2D eigenvalue weighted by atomic mass is 10.0. The van der Waals surface area contributed by atoms with Gasteiger partial charge in [-0.25, -0.2) is 17.6 Å². The van der Waals surface area contributed by atoms with Gasteiger partial charge >= 0.3 is 6.03 Å². The quantitative estimate of drug-likeness (QED) is 0.349. The first-order valence-corrected chi connectivity index (χ1v) is 15.4. The van der Waals surface area contributed by atoms with Gasteiger partial charge in [-0.15, -0.1) is 0 Å². The monoisotopic (exact) mass is 612 g/mol. The molecule has 0 saturated carbocycles. The van der Waals surface area contributed by atoms with Gasteiger partial charge in [0.25, 0.3) is 10.0 Å². The van der Waals surface area contributed by atoms with Gasteiger partial charge < -0.3 is 25.0 Å². The van der Waals surface area contributed by atoms with Crippen LogP contribution in [0.2, 0.25) is 0 Å². The topological polar surface area (TPSA) is 128 Å². The van der Waals surface area contributed by atoms with Gasteiger partial charge in [0.1, 0.15) is 17.7 Å². The Bertz CT molecular complexity index is 1550. The Kier molecular flexibility index (Phi) is 9.92. The Morgan fingerprint density at radius 1 is 1.12 bits per heavy atom. The number of aliphatic hydroxyl groups excluding tert-OH is 1. The number of halogens is 1. The minimum atomic E-state index is -3.89. The van der Waals surface area contributed by atoms with Crippen LogP contribution in [0.25, 0.3) is 0 Å². The summed E-state index contributed by atoms with van der Waals surface area (Å²) in [6.45, 7) is 5.67. The number of aryl methyl sites for hydroxylation is 1. The molecule has 1 aliphatic rings. The summed E-state index contributed by atoms with van der Waals surface area (Å²) in [5, 5.41) is 12.6. The largest absolute Gasteiger partial charge is 0.488 e. The Morgan fingerprint density at radius 3 is 2.42 bits per heavy atom. The zero-order valence-corrected chi connectivity index (χ0v) is 25.4. The molecule has 1 aliphatic heterocycles. The fourth-order valence-electron chi connectivity index (χ4n) is 4.75. The Hall–Kier alpha value is -4.16. The number of carbonyl (C=O) groups is 2. The lowest BCUT2D eigenvalue weighted by Crippen LogP contribution is -2.48. The number of nitrogens with zero attached hydrogens (tertiary/aromatic N) is 2. The van der Waals surface area contributed by atoms with Crippen molar-refractivity contribution in [3.63, 3.8) is 0 Å². The lowest BCUT2D eigenvalue weighted by molar-refractivity contribution is -0.134. The van der Waals surface area contributed by atoms with Crippen molar-refractivity contribution in [2.45, 2.75) is 44.2 Å². The minimum absolute atomic E-state index is 0.0832. The first kappa shape index (κ1) is 31.8. The summed E-state index contributed by atoms with van der Waals surface area (Å²) in [5.74, 6) is -0.543. The molecule has 230 valence electrons. The van der Waals surface area contributed by atoms with Crippen molar-refractivity contribution in [1.82, 2.24) is 9.80 Å². The third-order valence-electron chi connectivity index (χ3n) is 7.40. The molecule has 3 aromatic carbocycles. The Labute approximate surface area is 251 Å². The number of rotatable bonds is 8. The van der Waals surface area contributed by atoms with Crippen LogP contribution < -0.4 is 14.8 Å². The SMILES string of the molecule is Cc1ccc(S(=O)(=O)Nc2ccc3c(c2)CC(=O)N([C@@H](C)CO)C[C@@H](C)[C@@H](CN(C)C(=O)Nc2ccc(F)cc2)O3)cc1. The van der Waals surface area contributed by atoms with Crippen LogP contribution in [0.4, 0.5) is 20.6 Å². The number of ether oxygens (including phenoxy) is 1. The van der Waals surface area contributed by atoms with E-state index in [9.17, 15) is 27.5 Å². The summed E-state index contributed by atoms with van der Waals surface area (Å²) >= 11 is 0. The van der Waals surface area contributed by atoms with Crippen LogP contribution in [0.3, 0.4) is 0 Å². The highest BCUT2D eigenvalue weighted by Gasteiger charge is 2.32. The van der Waals surface area contributed by atoms with Gasteiger partial charge in [-0.2, -0.15) is 0 Å². The summed E-state index contributed by atoms with van der Waals surface area (Å²) in [7, 11) is -2.28. The van der Waals surface area contributed by atoms with Crippen LogP contribution in [-0.4, -0.2) is 74.2 Å². The van der Waals surface area contributed by atoms with E-state index < -0.39 is 34.0 Å². The van der Waals surface area contributed by atoms with Crippen LogP contribution >= 0.6 is 0 Å².